The number of rotatable bonds is 6. The molecule has 2 aromatic rings. The van der Waals surface area contributed by atoms with Crippen molar-refractivity contribution < 1.29 is 19.1 Å². The minimum Gasteiger partial charge on any atom is -0.490 e. The molecule has 0 N–H and O–H groups in total. The molecule has 1 aromatic carbocycles. The number of carbonyl (C=O) groups is 2. The quantitative estimate of drug-likeness (QED) is 0.643. The number of morpholine rings is 1. The summed E-state index contributed by atoms with van der Waals surface area (Å²) in [6.45, 7) is 4.62. The molecule has 1 unspecified atom stereocenters. The van der Waals surface area contributed by atoms with E-state index in [1.165, 1.54) is 0 Å². The van der Waals surface area contributed by atoms with Crippen LogP contribution in [0.4, 0.5) is 0 Å². The first-order chi connectivity index (χ1) is 15.8. The molecule has 0 bridgehead atoms. The van der Waals surface area contributed by atoms with Crippen molar-refractivity contribution in [3.05, 3.63) is 47.0 Å². The first-order valence-corrected chi connectivity index (χ1v) is 11.8. The largest absolute Gasteiger partial charge is 0.490 e. The van der Waals surface area contributed by atoms with E-state index in [0.29, 0.717) is 29.6 Å². The maximum Gasteiger partial charge on any atom is 0.274 e. The highest BCUT2D eigenvalue weighted by Gasteiger charge is 2.42. The van der Waals surface area contributed by atoms with Gasteiger partial charge in [0.25, 0.3) is 5.91 Å². The van der Waals surface area contributed by atoms with E-state index in [2.05, 4.69) is 4.98 Å². The van der Waals surface area contributed by atoms with E-state index < -0.39 is 5.60 Å². The highest BCUT2D eigenvalue weighted by atomic mass is 35.5. The van der Waals surface area contributed by atoms with Crippen molar-refractivity contribution in [3.63, 3.8) is 0 Å². The second kappa shape index (κ2) is 10.1. The average Bonchev–Trinajstić information content (AvgIpc) is 3.26. The number of hydrogen-bond acceptors (Lipinski definition) is 5. The van der Waals surface area contributed by atoms with Crippen molar-refractivity contribution in [2.45, 2.75) is 38.2 Å². The fourth-order valence-corrected chi connectivity index (χ4v) is 4.52. The molecule has 0 aliphatic carbocycles. The van der Waals surface area contributed by atoms with Gasteiger partial charge in [-0.05, 0) is 49.9 Å². The number of carbonyl (C=O) groups excluding carboxylic acids is 2. The van der Waals surface area contributed by atoms with Gasteiger partial charge in [0.05, 0.1) is 25.9 Å². The Balaban J connectivity index is 1.53. The summed E-state index contributed by atoms with van der Waals surface area (Å²) < 4.78 is 14.0. The van der Waals surface area contributed by atoms with Crippen LogP contribution in [0.5, 0.6) is 5.75 Å². The summed E-state index contributed by atoms with van der Waals surface area (Å²) in [6, 6.07) is 5.45. The molecule has 4 rings (SSSR count). The predicted molar refractivity (Wildman–Crippen MR) is 125 cm³/mol. The van der Waals surface area contributed by atoms with Crippen molar-refractivity contribution in [1.82, 2.24) is 19.4 Å². The number of imidazole rings is 1. The van der Waals surface area contributed by atoms with E-state index in [9.17, 15) is 9.59 Å². The number of aromatic nitrogens is 2. The van der Waals surface area contributed by atoms with Gasteiger partial charge in [-0.1, -0.05) is 11.6 Å². The highest BCUT2D eigenvalue weighted by Crippen LogP contribution is 2.28. The van der Waals surface area contributed by atoms with Crippen molar-refractivity contribution in [2.24, 2.45) is 7.05 Å². The second-order valence-electron chi connectivity index (χ2n) is 9.00. The third-order valence-corrected chi connectivity index (χ3v) is 6.70. The lowest BCUT2D eigenvalue weighted by atomic mass is 9.96. The van der Waals surface area contributed by atoms with Crippen LogP contribution in [-0.2, 0) is 16.6 Å². The first kappa shape index (κ1) is 23.6. The van der Waals surface area contributed by atoms with Crippen LogP contribution in [0.2, 0.25) is 5.02 Å². The predicted octanol–water partition coefficient (Wildman–Crippen LogP) is 3.07. The van der Waals surface area contributed by atoms with Crippen LogP contribution in [-0.4, -0.2) is 76.2 Å². The molecule has 3 heterocycles. The summed E-state index contributed by atoms with van der Waals surface area (Å²) in [6.07, 6.45) is 6.65. The van der Waals surface area contributed by atoms with E-state index in [0.717, 1.165) is 37.9 Å². The third kappa shape index (κ3) is 5.68. The van der Waals surface area contributed by atoms with Crippen LogP contribution in [0.25, 0.3) is 0 Å². The highest BCUT2D eigenvalue weighted by molar-refractivity contribution is 6.31. The fourth-order valence-electron chi connectivity index (χ4n) is 4.40. The van der Waals surface area contributed by atoms with Crippen molar-refractivity contribution >= 4 is 23.4 Å². The van der Waals surface area contributed by atoms with Crippen LogP contribution >= 0.6 is 11.6 Å². The summed E-state index contributed by atoms with van der Waals surface area (Å²) in [5, 5.41) is 0.665. The summed E-state index contributed by atoms with van der Waals surface area (Å²) >= 11 is 6.14. The zero-order valence-electron chi connectivity index (χ0n) is 19.3. The van der Waals surface area contributed by atoms with Gasteiger partial charge in [0, 0.05) is 37.9 Å². The molecule has 33 heavy (non-hydrogen) atoms. The molecule has 1 atom stereocenters. The van der Waals surface area contributed by atoms with E-state index >= 15 is 0 Å². The molecular weight excluding hydrogens is 444 g/mol. The Morgan fingerprint density at radius 2 is 1.97 bits per heavy atom. The van der Waals surface area contributed by atoms with Crippen LogP contribution in [0.3, 0.4) is 0 Å². The van der Waals surface area contributed by atoms with Crippen LogP contribution in [0.15, 0.2) is 30.7 Å². The van der Waals surface area contributed by atoms with Gasteiger partial charge in [-0.25, -0.2) is 4.98 Å². The molecule has 2 fully saturated rings. The topological polar surface area (TPSA) is 76.9 Å². The van der Waals surface area contributed by atoms with Crippen molar-refractivity contribution in [1.29, 1.82) is 0 Å². The van der Waals surface area contributed by atoms with Crippen LogP contribution in [0.1, 0.15) is 41.7 Å². The average molecular weight is 475 g/mol. The molecule has 2 aliphatic rings. The Bertz CT molecular complexity index is 1000. The second-order valence-corrected chi connectivity index (χ2v) is 9.41. The van der Waals surface area contributed by atoms with Crippen LogP contribution in [0, 0.1) is 6.92 Å². The SMILES string of the molecule is Cc1cc(OCC2(CC(=O)N3CCCCC3)CN(C(=O)c3cn(C)cn3)CCO2)ccc1Cl. The van der Waals surface area contributed by atoms with Crippen LogP contribution < -0.4 is 4.74 Å². The Morgan fingerprint density at radius 1 is 1.18 bits per heavy atom. The Labute approximate surface area is 199 Å². The molecule has 1 aromatic heterocycles. The normalized spacial score (nSPS) is 21.2. The van der Waals surface area contributed by atoms with Crippen molar-refractivity contribution in [2.75, 3.05) is 39.4 Å². The van der Waals surface area contributed by atoms with E-state index in [4.69, 9.17) is 21.1 Å². The van der Waals surface area contributed by atoms with Gasteiger partial charge in [0.1, 0.15) is 23.7 Å². The van der Waals surface area contributed by atoms with Gasteiger partial charge < -0.3 is 23.8 Å². The summed E-state index contributed by atoms with van der Waals surface area (Å²) in [5.41, 5.74) is 0.346. The minimum absolute atomic E-state index is 0.0396. The number of ether oxygens (including phenoxy) is 2. The molecule has 0 saturated carbocycles. The van der Waals surface area contributed by atoms with Gasteiger partial charge in [0.2, 0.25) is 5.91 Å². The summed E-state index contributed by atoms with van der Waals surface area (Å²) in [5.74, 6) is 0.521. The standard InChI is InChI=1S/C24H31ClN4O4/c1-18-12-19(6-7-20(18)25)32-16-24(13-22(30)28-8-4-3-5-9-28)15-29(10-11-33-24)23(31)21-14-27(2)17-26-21/h6-7,12,14,17H,3-5,8-11,13,15-16H2,1-2H3. The lowest BCUT2D eigenvalue weighted by molar-refractivity contribution is -0.153. The number of benzene rings is 1. The molecule has 0 spiro atoms. The molecule has 178 valence electrons. The number of likely N-dealkylation sites (tertiary alicyclic amines) is 1. The molecule has 0 radical (unpaired) electrons. The van der Waals surface area contributed by atoms with Crippen molar-refractivity contribution in [3.8, 4) is 5.75 Å². The maximum absolute atomic E-state index is 13.2. The van der Waals surface area contributed by atoms with E-state index in [1.54, 1.807) is 34.1 Å². The van der Waals surface area contributed by atoms with Gasteiger partial charge >= 0.3 is 0 Å². The zero-order valence-corrected chi connectivity index (χ0v) is 20.0. The number of aryl methyl sites for hydroxylation is 2. The van der Waals surface area contributed by atoms with E-state index in [1.807, 2.05) is 24.9 Å². The monoisotopic (exact) mass is 474 g/mol. The molecular formula is C24H31ClN4O4. The summed E-state index contributed by atoms with van der Waals surface area (Å²) in [4.78, 5) is 34.1. The van der Waals surface area contributed by atoms with Gasteiger partial charge in [-0.15, -0.1) is 0 Å². The summed E-state index contributed by atoms with van der Waals surface area (Å²) in [7, 11) is 1.83. The van der Waals surface area contributed by atoms with E-state index in [-0.39, 0.29) is 31.4 Å². The maximum atomic E-state index is 13.2. The number of amides is 2. The van der Waals surface area contributed by atoms with Gasteiger partial charge in [-0.3, -0.25) is 9.59 Å². The van der Waals surface area contributed by atoms with Gasteiger partial charge in [-0.2, -0.15) is 0 Å². The minimum atomic E-state index is -0.940. The first-order valence-electron chi connectivity index (χ1n) is 11.4. The molecule has 2 aliphatic heterocycles. The number of nitrogens with zero attached hydrogens (tertiary/aromatic N) is 4. The molecule has 9 heteroatoms. The Kier molecular flexibility index (Phi) is 7.24. The lowest BCUT2D eigenvalue weighted by Gasteiger charge is -2.43. The smallest absolute Gasteiger partial charge is 0.274 e. The van der Waals surface area contributed by atoms with Gasteiger partial charge in [0.15, 0.2) is 0 Å². The zero-order chi connectivity index (χ0) is 23.4. The number of hydrogen-bond donors (Lipinski definition) is 0. The Morgan fingerprint density at radius 3 is 2.67 bits per heavy atom. The molecule has 8 nitrogen and oxygen atoms in total. The number of halogens is 1. The Hall–Kier alpha value is -2.58. The molecule has 2 saturated heterocycles. The fraction of sp³-hybridized carbons (Fsp3) is 0.542. The number of piperidine rings is 1. The lowest BCUT2D eigenvalue weighted by Crippen LogP contribution is -2.58. The molecule has 2 amide bonds. The third-order valence-electron chi connectivity index (χ3n) is 6.27.